The minimum Gasteiger partial charge on any atom is -0.368 e. The lowest BCUT2D eigenvalue weighted by Crippen LogP contribution is -2.17. The molecular weight excluding hydrogens is 154 g/mol. The fraction of sp³-hybridized carbons (Fsp3) is 0.500. The normalized spacial score (nSPS) is 19.2. The maximum atomic E-state index is 5.51. The number of hydrogen-bond acceptors (Lipinski definition) is 4. The Balaban J connectivity index is 2.57. The van der Waals surface area contributed by atoms with Crippen LogP contribution >= 0.6 is 0 Å². The van der Waals surface area contributed by atoms with Gasteiger partial charge in [0.2, 0.25) is 5.95 Å². The van der Waals surface area contributed by atoms with Gasteiger partial charge in [0, 0.05) is 11.8 Å². The van der Waals surface area contributed by atoms with Crippen LogP contribution in [-0.2, 0) is 16.9 Å². The summed E-state index contributed by atoms with van der Waals surface area (Å²) >= 11 is 0. The second-order valence-electron chi connectivity index (χ2n) is 3.40. The highest BCUT2D eigenvalue weighted by molar-refractivity contribution is 5.30. The molecule has 1 aromatic rings. The monoisotopic (exact) mass is 165 g/mol. The zero-order chi connectivity index (χ0) is 8.77. The van der Waals surface area contributed by atoms with Gasteiger partial charge < -0.3 is 10.5 Å². The highest BCUT2D eigenvalue weighted by Crippen LogP contribution is 2.33. The van der Waals surface area contributed by atoms with Crippen LogP contribution in [-0.4, -0.2) is 9.97 Å². The van der Waals surface area contributed by atoms with Gasteiger partial charge in [0.1, 0.15) is 5.60 Å². The van der Waals surface area contributed by atoms with Crippen molar-refractivity contribution >= 4 is 5.95 Å². The molecule has 12 heavy (non-hydrogen) atoms. The quantitative estimate of drug-likeness (QED) is 0.618. The lowest BCUT2D eigenvalue weighted by atomic mass is 10.0. The minimum atomic E-state index is -0.313. The maximum absolute atomic E-state index is 5.51. The van der Waals surface area contributed by atoms with Crippen molar-refractivity contribution in [2.45, 2.75) is 26.1 Å². The summed E-state index contributed by atoms with van der Waals surface area (Å²) in [5, 5.41) is 0. The van der Waals surface area contributed by atoms with Gasteiger partial charge >= 0.3 is 0 Å². The lowest BCUT2D eigenvalue weighted by molar-refractivity contribution is -0.0100. The summed E-state index contributed by atoms with van der Waals surface area (Å²) in [5.74, 6) is 0.312. The van der Waals surface area contributed by atoms with Gasteiger partial charge in [0.05, 0.1) is 12.3 Å². The molecule has 0 fully saturated rings. The standard InChI is InChI=1S/C8H11N3O/c1-8(2)6-5(4-12-8)3-10-7(9)11-6/h3H,4H2,1-2H3,(H2,9,10,11). The van der Waals surface area contributed by atoms with Gasteiger partial charge in [-0.25, -0.2) is 9.97 Å². The number of anilines is 1. The predicted octanol–water partition coefficient (Wildman–Crippen LogP) is 0.824. The number of ether oxygens (including phenoxy) is 1. The summed E-state index contributed by atoms with van der Waals surface area (Å²) < 4.78 is 5.51. The van der Waals surface area contributed by atoms with Crippen LogP contribution in [0.2, 0.25) is 0 Å². The number of nitrogens with zero attached hydrogens (tertiary/aromatic N) is 2. The minimum absolute atomic E-state index is 0.312. The third kappa shape index (κ3) is 0.956. The first-order valence-corrected chi connectivity index (χ1v) is 3.85. The molecule has 0 spiro atoms. The summed E-state index contributed by atoms with van der Waals surface area (Å²) in [6, 6.07) is 0. The van der Waals surface area contributed by atoms with E-state index in [1.54, 1.807) is 6.20 Å². The molecule has 0 amide bonds. The molecule has 0 aromatic carbocycles. The molecule has 2 N–H and O–H groups in total. The number of aromatic nitrogens is 2. The Morgan fingerprint density at radius 3 is 3.08 bits per heavy atom. The molecule has 0 unspecified atom stereocenters. The molecule has 0 bridgehead atoms. The first-order valence-electron chi connectivity index (χ1n) is 3.85. The summed E-state index contributed by atoms with van der Waals surface area (Å²) in [5.41, 5.74) is 7.11. The van der Waals surface area contributed by atoms with Gasteiger partial charge in [-0.1, -0.05) is 0 Å². The van der Waals surface area contributed by atoms with Crippen molar-refractivity contribution in [1.29, 1.82) is 0 Å². The Labute approximate surface area is 70.8 Å². The average molecular weight is 165 g/mol. The first kappa shape index (κ1) is 7.49. The van der Waals surface area contributed by atoms with Crippen molar-refractivity contribution in [3.05, 3.63) is 17.5 Å². The molecule has 4 heteroatoms. The van der Waals surface area contributed by atoms with Crippen molar-refractivity contribution < 1.29 is 4.74 Å². The SMILES string of the molecule is CC1(C)OCc2cnc(N)nc21. The van der Waals surface area contributed by atoms with Gasteiger partial charge in [-0.2, -0.15) is 0 Å². The molecule has 2 heterocycles. The second kappa shape index (κ2) is 2.17. The van der Waals surface area contributed by atoms with Gasteiger partial charge in [0.25, 0.3) is 0 Å². The number of rotatable bonds is 0. The van der Waals surface area contributed by atoms with E-state index >= 15 is 0 Å². The van der Waals surface area contributed by atoms with Gasteiger partial charge in [-0.05, 0) is 13.8 Å². The van der Waals surface area contributed by atoms with Crippen LogP contribution in [0, 0.1) is 0 Å². The van der Waals surface area contributed by atoms with E-state index in [2.05, 4.69) is 9.97 Å². The Hall–Kier alpha value is -1.16. The average Bonchev–Trinajstić information content (AvgIpc) is 2.28. The van der Waals surface area contributed by atoms with Crippen LogP contribution in [0.3, 0.4) is 0 Å². The summed E-state index contributed by atoms with van der Waals surface area (Å²) in [4.78, 5) is 8.05. The largest absolute Gasteiger partial charge is 0.368 e. The first-order chi connectivity index (χ1) is 5.59. The highest BCUT2D eigenvalue weighted by atomic mass is 16.5. The van der Waals surface area contributed by atoms with E-state index in [4.69, 9.17) is 10.5 Å². The molecule has 1 aliphatic rings. The van der Waals surface area contributed by atoms with Crippen molar-refractivity contribution in [3.63, 3.8) is 0 Å². The fourth-order valence-electron chi connectivity index (χ4n) is 1.37. The summed E-state index contributed by atoms with van der Waals surface area (Å²) in [6.45, 7) is 4.54. The molecular formula is C8H11N3O. The molecule has 2 rings (SSSR count). The Kier molecular flexibility index (Phi) is 1.35. The molecule has 0 saturated heterocycles. The number of nitrogens with two attached hydrogens (primary N) is 1. The number of nitrogen functional groups attached to an aromatic ring is 1. The van der Waals surface area contributed by atoms with Crippen molar-refractivity contribution in [2.24, 2.45) is 0 Å². The topological polar surface area (TPSA) is 61.0 Å². The summed E-state index contributed by atoms with van der Waals surface area (Å²) in [6.07, 6.45) is 1.73. The van der Waals surface area contributed by atoms with Crippen LogP contribution in [0.5, 0.6) is 0 Å². The van der Waals surface area contributed by atoms with Gasteiger partial charge in [0.15, 0.2) is 0 Å². The highest BCUT2D eigenvalue weighted by Gasteiger charge is 2.32. The van der Waals surface area contributed by atoms with E-state index in [0.29, 0.717) is 12.6 Å². The fourth-order valence-corrected chi connectivity index (χ4v) is 1.37. The van der Waals surface area contributed by atoms with E-state index in [1.807, 2.05) is 13.8 Å². The van der Waals surface area contributed by atoms with Crippen LogP contribution in [0.15, 0.2) is 6.20 Å². The number of hydrogen-bond donors (Lipinski definition) is 1. The van der Waals surface area contributed by atoms with Gasteiger partial charge in [-0.3, -0.25) is 0 Å². The molecule has 0 radical (unpaired) electrons. The zero-order valence-corrected chi connectivity index (χ0v) is 7.16. The summed E-state index contributed by atoms with van der Waals surface area (Å²) in [7, 11) is 0. The van der Waals surface area contributed by atoms with Crippen LogP contribution in [0.25, 0.3) is 0 Å². The van der Waals surface area contributed by atoms with Crippen LogP contribution in [0.4, 0.5) is 5.95 Å². The molecule has 0 aliphatic carbocycles. The molecule has 64 valence electrons. The van der Waals surface area contributed by atoms with Crippen LogP contribution in [0.1, 0.15) is 25.1 Å². The van der Waals surface area contributed by atoms with E-state index in [0.717, 1.165) is 11.3 Å². The molecule has 1 aliphatic heterocycles. The molecule has 4 nitrogen and oxygen atoms in total. The van der Waals surface area contributed by atoms with E-state index in [1.165, 1.54) is 0 Å². The molecule has 0 atom stereocenters. The number of fused-ring (bicyclic) bond motifs is 1. The van der Waals surface area contributed by atoms with Crippen molar-refractivity contribution in [3.8, 4) is 0 Å². The maximum Gasteiger partial charge on any atom is 0.220 e. The second-order valence-corrected chi connectivity index (χ2v) is 3.40. The third-order valence-corrected chi connectivity index (χ3v) is 2.04. The predicted molar refractivity (Wildman–Crippen MR) is 44.3 cm³/mol. The van der Waals surface area contributed by atoms with Crippen molar-refractivity contribution in [1.82, 2.24) is 9.97 Å². The Morgan fingerprint density at radius 2 is 2.33 bits per heavy atom. The van der Waals surface area contributed by atoms with E-state index in [-0.39, 0.29) is 5.60 Å². The smallest absolute Gasteiger partial charge is 0.220 e. The van der Waals surface area contributed by atoms with Crippen molar-refractivity contribution in [2.75, 3.05) is 5.73 Å². The molecule has 0 saturated carbocycles. The Morgan fingerprint density at radius 1 is 1.58 bits per heavy atom. The third-order valence-electron chi connectivity index (χ3n) is 2.04. The van der Waals surface area contributed by atoms with Gasteiger partial charge in [-0.15, -0.1) is 0 Å². The lowest BCUT2D eigenvalue weighted by Gasteiger charge is -2.16. The molecule has 1 aromatic heterocycles. The zero-order valence-electron chi connectivity index (χ0n) is 7.16. The van der Waals surface area contributed by atoms with Crippen LogP contribution < -0.4 is 5.73 Å². The van der Waals surface area contributed by atoms with E-state index in [9.17, 15) is 0 Å². The van der Waals surface area contributed by atoms with E-state index < -0.39 is 0 Å². The Bertz CT molecular complexity index is 322.